The first kappa shape index (κ1) is 14.2. The number of ether oxygens (including phenoxy) is 1. The van der Waals surface area contributed by atoms with E-state index in [0.29, 0.717) is 0 Å². The van der Waals surface area contributed by atoms with Crippen LogP contribution in [-0.4, -0.2) is 32.2 Å². The van der Waals surface area contributed by atoms with Gasteiger partial charge in [0, 0.05) is 16.7 Å². The fourth-order valence-electron chi connectivity index (χ4n) is 1.33. The Hall–Kier alpha value is -0.910. The average molecular weight is 301 g/mol. The molecule has 0 fully saturated rings. The third kappa shape index (κ3) is 5.81. The maximum absolute atomic E-state index is 11.6. The summed E-state index contributed by atoms with van der Waals surface area (Å²) in [6.45, 7) is 2.71. The van der Waals surface area contributed by atoms with Gasteiger partial charge in [0.25, 0.3) is 0 Å². The summed E-state index contributed by atoms with van der Waals surface area (Å²) < 4.78 is 6.29. The van der Waals surface area contributed by atoms with Gasteiger partial charge in [0.2, 0.25) is 5.91 Å². The number of nitrogens with one attached hydrogen (secondary N) is 2. The van der Waals surface area contributed by atoms with Crippen LogP contribution in [0.3, 0.4) is 0 Å². The molecule has 5 heteroatoms. The van der Waals surface area contributed by atoms with Crippen LogP contribution < -0.4 is 10.6 Å². The van der Waals surface area contributed by atoms with Gasteiger partial charge in [-0.05, 0) is 32.2 Å². The van der Waals surface area contributed by atoms with Crippen LogP contribution in [0.15, 0.2) is 28.7 Å². The Kier molecular flexibility index (Phi) is 6.18. The van der Waals surface area contributed by atoms with E-state index < -0.39 is 0 Å². The van der Waals surface area contributed by atoms with E-state index in [4.69, 9.17) is 4.74 Å². The normalized spacial score (nSPS) is 12.2. The first-order valence-corrected chi connectivity index (χ1v) is 6.22. The number of carbonyl (C=O) groups is 1. The first-order valence-electron chi connectivity index (χ1n) is 5.43. The van der Waals surface area contributed by atoms with Crippen molar-refractivity contribution in [3.8, 4) is 0 Å². The molecule has 4 nitrogen and oxygen atoms in total. The van der Waals surface area contributed by atoms with E-state index >= 15 is 0 Å². The fraction of sp³-hybridized carbons (Fsp3) is 0.417. The largest absolute Gasteiger partial charge is 0.367 e. The molecular formula is C12H17BrN2O2. The van der Waals surface area contributed by atoms with Crippen LogP contribution in [0.4, 0.5) is 5.69 Å². The van der Waals surface area contributed by atoms with Gasteiger partial charge in [-0.1, -0.05) is 22.0 Å². The maximum Gasteiger partial charge on any atom is 0.250 e. The van der Waals surface area contributed by atoms with E-state index in [1.165, 1.54) is 0 Å². The topological polar surface area (TPSA) is 50.4 Å². The van der Waals surface area contributed by atoms with Crippen LogP contribution in [0.5, 0.6) is 0 Å². The fourth-order valence-corrected chi connectivity index (χ4v) is 1.73. The van der Waals surface area contributed by atoms with Crippen LogP contribution in [-0.2, 0) is 9.53 Å². The third-order valence-electron chi connectivity index (χ3n) is 2.10. The molecule has 0 saturated heterocycles. The van der Waals surface area contributed by atoms with Gasteiger partial charge in [-0.15, -0.1) is 0 Å². The van der Waals surface area contributed by atoms with Crippen molar-refractivity contribution in [3.63, 3.8) is 0 Å². The van der Waals surface area contributed by atoms with Gasteiger partial charge in [-0.2, -0.15) is 0 Å². The summed E-state index contributed by atoms with van der Waals surface area (Å²) in [6.07, 6.45) is 0.0215. The minimum atomic E-state index is -0.147. The van der Waals surface area contributed by atoms with Gasteiger partial charge in [-0.3, -0.25) is 4.79 Å². The second kappa shape index (κ2) is 7.42. The third-order valence-corrected chi connectivity index (χ3v) is 2.59. The lowest BCUT2D eigenvalue weighted by Gasteiger charge is -2.12. The van der Waals surface area contributed by atoms with Crippen molar-refractivity contribution in [1.29, 1.82) is 0 Å². The first-order chi connectivity index (χ1) is 8.11. The van der Waals surface area contributed by atoms with Crippen molar-refractivity contribution >= 4 is 27.5 Å². The van der Waals surface area contributed by atoms with Crippen molar-refractivity contribution in [2.75, 3.05) is 25.5 Å². The molecule has 0 aliphatic carbocycles. The number of hydrogen-bond acceptors (Lipinski definition) is 3. The van der Waals surface area contributed by atoms with Crippen molar-refractivity contribution in [2.24, 2.45) is 0 Å². The molecule has 0 spiro atoms. The molecular weight excluding hydrogens is 284 g/mol. The monoisotopic (exact) mass is 300 g/mol. The summed E-state index contributed by atoms with van der Waals surface area (Å²) in [5, 5.41) is 5.75. The Morgan fingerprint density at radius 1 is 1.53 bits per heavy atom. The summed E-state index contributed by atoms with van der Waals surface area (Å²) in [4.78, 5) is 11.6. The number of anilines is 1. The van der Waals surface area contributed by atoms with E-state index in [0.717, 1.165) is 16.7 Å². The van der Waals surface area contributed by atoms with Crippen LogP contribution in [0.25, 0.3) is 0 Å². The Morgan fingerprint density at radius 3 is 2.94 bits per heavy atom. The summed E-state index contributed by atoms with van der Waals surface area (Å²) in [6, 6.07) is 7.44. The highest BCUT2D eigenvalue weighted by Crippen LogP contribution is 2.15. The molecule has 1 atom stereocenters. The van der Waals surface area contributed by atoms with Gasteiger partial charge in [0.15, 0.2) is 0 Å². The Balaban J connectivity index is 2.34. The van der Waals surface area contributed by atoms with Crippen molar-refractivity contribution in [2.45, 2.75) is 13.0 Å². The highest BCUT2D eigenvalue weighted by molar-refractivity contribution is 9.10. The lowest BCUT2D eigenvalue weighted by Crippen LogP contribution is -2.28. The summed E-state index contributed by atoms with van der Waals surface area (Å²) in [5.41, 5.74) is 0.759. The number of carbonyl (C=O) groups excluding carboxylic acids is 1. The molecule has 1 rings (SSSR count). The van der Waals surface area contributed by atoms with Crippen molar-refractivity contribution in [1.82, 2.24) is 5.32 Å². The molecule has 2 N–H and O–H groups in total. The number of likely N-dealkylation sites (N-methyl/N-ethyl adjacent to an activating group) is 1. The number of halogens is 1. The maximum atomic E-state index is 11.6. The zero-order valence-electron chi connectivity index (χ0n) is 10.00. The quantitative estimate of drug-likeness (QED) is 0.845. The number of amides is 1. The van der Waals surface area contributed by atoms with E-state index in [9.17, 15) is 4.79 Å². The SMILES string of the molecule is CNCC(C)OCC(=O)Nc1cccc(Br)c1. The van der Waals surface area contributed by atoms with E-state index in [1.807, 2.05) is 38.2 Å². The molecule has 0 aromatic heterocycles. The predicted octanol–water partition coefficient (Wildman–Crippen LogP) is 2.01. The zero-order valence-corrected chi connectivity index (χ0v) is 11.6. The molecule has 1 amide bonds. The van der Waals surface area contributed by atoms with Crippen molar-refractivity contribution < 1.29 is 9.53 Å². The molecule has 0 aliphatic heterocycles. The molecule has 94 valence electrons. The highest BCUT2D eigenvalue weighted by atomic mass is 79.9. The average Bonchev–Trinajstić information content (AvgIpc) is 2.27. The van der Waals surface area contributed by atoms with Crippen molar-refractivity contribution in [3.05, 3.63) is 28.7 Å². The Bertz CT molecular complexity index is 371. The smallest absolute Gasteiger partial charge is 0.250 e. The van der Waals surface area contributed by atoms with E-state index in [-0.39, 0.29) is 18.6 Å². The van der Waals surface area contributed by atoms with E-state index in [2.05, 4.69) is 26.6 Å². The second-order valence-electron chi connectivity index (χ2n) is 3.74. The summed E-state index contributed by atoms with van der Waals surface area (Å²) >= 11 is 3.34. The van der Waals surface area contributed by atoms with Crippen LogP contribution in [0.1, 0.15) is 6.92 Å². The molecule has 1 aromatic carbocycles. The number of benzene rings is 1. The molecule has 0 bridgehead atoms. The van der Waals surface area contributed by atoms with Gasteiger partial charge < -0.3 is 15.4 Å². The summed E-state index contributed by atoms with van der Waals surface area (Å²) in [7, 11) is 1.85. The van der Waals surface area contributed by atoms with Gasteiger partial charge >= 0.3 is 0 Å². The minimum absolute atomic E-state index is 0.0215. The molecule has 17 heavy (non-hydrogen) atoms. The van der Waals surface area contributed by atoms with Crippen LogP contribution in [0.2, 0.25) is 0 Å². The minimum Gasteiger partial charge on any atom is -0.367 e. The lowest BCUT2D eigenvalue weighted by molar-refractivity contribution is -0.122. The number of rotatable bonds is 6. The standard InChI is InChI=1S/C12H17BrN2O2/c1-9(7-14-2)17-8-12(16)15-11-5-3-4-10(13)6-11/h3-6,9,14H,7-8H2,1-2H3,(H,15,16). The van der Waals surface area contributed by atoms with E-state index in [1.54, 1.807) is 0 Å². The van der Waals surface area contributed by atoms with Crippen LogP contribution in [0, 0.1) is 0 Å². The van der Waals surface area contributed by atoms with Gasteiger partial charge in [0.1, 0.15) is 6.61 Å². The molecule has 0 radical (unpaired) electrons. The Labute approximate surface area is 110 Å². The molecule has 0 saturated carbocycles. The van der Waals surface area contributed by atoms with Gasteiger partial charge in [0.05, 0.1) is 6.10 Å². The molecule has 1 aromatic rings. The molecule has 1 unspecified atom stereocenters. The summed E-state index contributed by atoms with van der Waals surface area (Å²) in [5.74, 6) is -0.147. The lowest BCUT2D eigenvalue weighted by atomic mass is 10.3. The second-order valence-corrected chi connectivity index (χ2v) is 4.65. The highest BCUT2D eigenvalue weighted by Gasteiger charge is 2.06. The zero-order chi connectivity index (χ0) is 12.7. The van der Waals surface area contributed by atoms with Crippen LogP contribution >= 0.6 is 15.9 Å². The molecule has 0 heterocycles. The predicted molar refractivity (Wildman–Crippen MR) is 72.1 cm³/mol. The number of hydrogen-bond donors (Lipinski definition) is 2. The Morgan fingerprint density at radius 2 is 2.29 bits per heavy atom. The van der Waals surface area contributed by atoms with Gasteiger partial charge in [-0.25, -0.2) is 0 Å². The molecule has 0 aliphatic rings.